The molecule has 0 amide bonds. The normalized spacial score (nSPS) is 11.5. The number of rotatable bonds is 6. The van der Waals surface area contributed by atoms with Crippen molar-refractivity contribution in [3.63, 3.8) is 0 Å². The lowest BCUT2D eigenvalue weighted by molar-refractivity contribution is 1.61. The molecule has 0 aliphatic rings. The minimum atomic E-state index is 1.22. The zero-order chi connectivity index (χ0) is 41.0. The first-order chi connectivity index (χ1) is 30.8. The minimum Gasteiger partial charge on any atom is -0.0622 e. The SMILES string of the molecule is c1ccc(-c2ccc(-c3c4ccccc4c(-c4ccc5ccc(-c6c7ccccc7c(-c7ccc(-c8ccccc8)cc7)c7ccccc67)cc5c4)c4ccccc34)cc2)cc1. The first-order valence-electron chi connectivity index (χ1n) is 21.5. The van der Waals surface area contributed by atoms with Gasteiger partial charge in [0, 0.05) is 0 Å². The predicted molar refractivity (Wildman–Crippen MR) is 267 cm³/mol. The van der Waals surface area contributed by atoms with Gasteiger partial charge in [0.05, 0.1) is 0 Å². The van der Waals surface area contributed by atoms with Gasteiger partial charge in [-0.1, -0.05) is 231 Å². The average molecular weight is 785 g/mol. The summed E-state index contributed by atoms with van der Waals surface area (Å²) in [6.07, 6.45) is 0. The largest absolute Gasteiger partial charge is 0.0622 e. The number of hydrogen-bond donors (Lipinski definition) is 0. The second-order valence-corrected chi connectivity index (χ2v) is 16.3. The lowest BCUT2D eigenvalue weighted by atomic mass is 9.84. The molecule has 62 heavy (non-hydrogen) atoms. The monoisotopic (exact) mass is 784 g/mol. The first-order valence-corrected chi connectivity index (χ1v) is 21.5. The smallest absolute Gasteiger partial charge is 0.00262 e. The van der Waals surface area contributed by atoms with Crippen molar-refractivity contribution in [2.45, 2.75) is 0 Å². The van der Waals surface area contributed by atoms with Crippen LogP contribution in [0.5, 0.6) is 0 Å². The topological polar surface area (TPSA) is 0 Å². The molecular weight excluding hydrogens is 745 g/mol. The molecular formula is C62H40. The molecule has 12 aromatic rings. The van der Waals surface area contributed by atoms with E-state index < -0.39 is 0 Å². The lowest BCUT2D eigenvalue weighted by Gasteiger charge is -2.19. The van der Waals surface area contributed by atoms with Crippen LogP contribution in [0, 0.1) is 0 Å². The summed E-state index contributed by atoms with van der Waals surface area (Å²) in [6, 6.07) is 89.3. The maximum absolute atomic E-state index is 2.41. The van der Waals surface area contributed by atoms with Crippen LogP contribution >= 0.6 is 0 Å². The third kappa shape index (κ3) is 5.99. The Morgan fingerprint density at radius 3 is 0.677 bits per heavy atom. The molecule has 288 valence electrons. The van der Waals surface area contributed by atoms with E-state index >= 15 is 0 Å². The maximum atomic E-state index is 2.41. The van der Waals surface area contributed by atoms with Gasteiger partial charge in [-0.25, -0.2) is 0 Å². The summed E-state index contributed by atoms with van der Waals surface area (Å²) in [5.74, 6) is 0. The molecule has 0 radical (unpaired) electrons. The van der Waals surface area contributed by atoms with Crippen LogP contribution in [0.2, 0.25) is 0 Å². The molecule has 12 aromatic carbocycles. The Labute approximate surface area is 361 Å². The van der Waals surface area contributed by atoms with E-state index in [1.165, 1.54) is 121 Å². The fourth-order valence-corrected chi connectivity index (χ4v) is 9.98. The van der Waals surface area contributed by atoms with Crippen molar-refractivity contribution in [2.75, 3.05) is 0 Å². The van der Waals surface area contributed by atoms with Crippen molar-refractivity contribution in [2.24, 2.45) is 0 Å². The second kappa shape index (κ2) is 14.9. The molecule has 0 aliphatic carbocycles. The summed E-state index contributed by atoms with van der Waals surface area (Å²) < 4.78 is 0. The number of fused-ring (bicyclic) bond motifs is 5. The summed E-state index contributed by atoms with van der Waals surface area (Å²) in [7, 11) is 0. The highest BCUT2D eigenvalue weighted by atomic mass is 14.2. The summed E-state index contributed by atoms with van der Waals surface area (Å²) >= 11 is 0. The quantitative estimate of drug-likeness (QED) is 0.147. The molecule has 12 rings (SSSR count). The third-order valence-corrected chi connectivity index (χ3v) is 12.8. The summed E-state index contributed by atoms with van der Waals surface area (Å²) in [5.41, 5.74) is 14.9. The van der Waals surface area contributed by atoms with Gasteiger partial charge in [-0.2, -0.15) is 0 Å². The third-order valence-electron chi connectivity index (χ3n) is 12.8. The highest BCUT2D eigenvalue weighted by Crippen LogP contribution is 2.47. The Balaban J connectivity index is 1.02. The molecule has 0 unspecified atom stereocenters. The molecule has 0 aliphatic heterocycles. The maximum Gasteiger partial charge on any atom is -0.00262 e. The van der Waals surface area contributed by atoms with Gasteiger partial charge in [0.15, 0.2) is 0 Å². The molecule has 0 heteroatoms. The van der Waals surface area contributed by atoms with Crippen molar-refractivity contribution in [3.05, 3.63) is 243 Å². The van der Waals surface area contributed by atoms with Gasteiger partial charge < -0.3 is 0 Å². The van der Waals surface area contributed by atoms with Crippen molar-refractivity contribution < 1.29 is 0 Å². The molecule has 0 aromatic heterocycles. The summed E-state index contributed by atoms with van der Waals surface area (Å²) in [6.45, 7) is 0. The van der Waals surface area contributed by atoms with Crippen LogP contribution in [0.1, 0.15) is 0 Å². The molecule has 0 fully saturated rings. The molecule has 0 atom stereocenters. The van der Waals surface area contributed by atoms with Crippen molar-refractivity contribution in [3.8, 4) is 66.8 Å². The van der Waals surface area contributed by atoms with E-state index in [1.54, 1.807) is 0 Å². The zero-order valence-electron chi connectivity index (χ0n) is 34.1. The van der Waals surface area contributed by atoms with Gasteiger partial charge >= 0.3 is 0 Å². The van der Waals surface area contributed by atoms with E-state index in [4.69, 9.17) is 0 Å². The van der Waals surface area contributed by atoms with Crippen LogP contribution in [0.25, 0.3) is 121 Å². The van der Waals surface area contributed by atoms with Gasteiger partial charge in [-0.3, -0.25) is 0 Å². The van der Waals surface area contributed by atoms with Crippen molar-refractivity contribution in [1.82, 2.24) is 0 Å². The van der Waals surface area contributed by atoms with E-state index in [0.717, 1.165) is 0 Å². The summed E-state index contributed by atoms with van der Waals surface area (Å²) in [4.78, 5) is 0. The van der Waals surface area contributed by atoms with E-state index in [-0.39, 0.29) is 0 Å². The van der Waals surface area contributed by atoms with Gasteiger partial charge in [0.25, 0.3) is 0 Å². The summed E-state index contributed by atoms with van der Waals surface area (Å²) in [5, 5.41) is 12.5. The standard InChI is InChI=1S/C62H40/c1-3-15-41(16-4-1)43-27-33-46(34-28-43)59-51-19-7-11-23-55(51)61(56-24-12-8-20-52(56)59)48-37-31-45-32-38-49(40-50(45)39-48)62-57-25-13-9-21-53(57)60(54-22-10-14-26-58(54)62)47-35-29-44(30-36-47)42-17-5-2-6-18-42/h1-40H. The van der Waals surface area contributed by atoms with E-state index in [0.29, 0.717) is 0 Å². The van der Waals surface area contributed by atoms with Crippen LogP contribution in [0.15, 0.2) is 243 Å². The Morgan fingerprint density at radius 2 is 0.371 bits per heavy atom. The van der Waals surface area contributed by atoms with Crippen LogP contribution in [-0.2, 0) is 0 Å². The van der Waals surface area contributed by atoms with E-state index in [9.17, 15) is 0 Å². The van der Waals surface area contributed by atoms with Crippen LogP contribution in [-0.4, -0.2) is 0 Å². The Morgan fingerprint density at radius 1 is 0.145 bits per heavy atom. The fourth-order valence-electron chi connectivity index (χ4n) is 9.98. The Bertz CT molecular complexity index is 3280. The molecule has 0 heterocycles. The van der Waals surface area contributed by atoms with Gasteiger partial charge in [0.1, 0.15) is 0 Å². The zero-order valence-corrected chi connectivity index (χ0v) is 34.1. The average Bonchev–Trinajstić information content (AvgIpc) is 3.35. The van der Waals surface area contributed by atoms with Gasteiger partial charge in [-0.15, -0.1) is 0 Å². The molecule has 0 bridgehead atoms. The van der Waals surface area contributed by atoms with Gasteiger partial charge in [0.2, 0.25) is 0 Å². The number of hydrogen-bond acceptors (Lipinski definition) is 0. The van der Waals surface area contributed by atoms with Crippen LogP contribution in [0.4, 0.5) is 0 Å². The fraction of sp³-hybridized carbons (Fsp3) is 0. The number of benzene rings is 12. The van der Waals surface area contributed by atoms with E-state index in [2.05, 4.69) is 243 Å². The van der Waals surface area contributed by atoms with E-state index in [1.807, 2.05) is 0 Å². The van der Waals surface area contributed by atoms with Crippen molar-refractivity contribution in [1.29, 1.82) is 0 Å². The lowest BCUT2D eigenvalue weighted by Crippen LogP contribution is -1.92. The Hall–Kier alpha value is -8.06. The molecule has 0 N–H and O–H groups in total. The van der Waals surface area contributed by atoms with Gasteiger partial charge in [-0.05, 0) is 133 Å². The molecule has 0 saturated heterocycles. The molecule has 0 spiro atoms. The molecule has 0 saturated carbocycles. The predicted octanol–water partition coefficient (Wildman–Crippen LogP) is 17.5. The highest BCUT2D eigenvalue weighted by molar-refractivity contribution is 6.23. The molecule has 0 nitrogen and oxygen atoms in total. The van der Waals surface area contributed by atoms with Crippen LogP contribution < -0.4 is 0 Å². The Kier molecular flexibility index (Phi) is 8.61. The first kappa shape index (κ1) is 35.8. The highest BCUT2D eigenvalue weighted by Gasteiger charge is 2.19. The minimum absolute atomic E-state index is 1.22. The van der Waals surface area contributed by atoms with Crippen LogP contribution in [0.3, 0.4) is 0 Å². The second-order valence-electron chi connectivity index (χ2n) is 16.3. The van der Waals surface area contributed by atoms with Crippen molar-refractivity contribution >= 4 is 53.9 Å².